The molecule has 0 saturated carbocycles. The number of halogens is 3. The first-order chi connectivity index (χ1) is 8.50. The van der Waals surface area contributed by atoms with Crippen molar-refractivity contribution in [2.24, 2.45) is 5.73 Å². The van der Waals surface area contributed by atoms with Crippen molar-refractivity contribution < 1.29 is 22.3 Å². The van der Waals surface area contributed by atoms with Crippen LogP contribution in [0.2, 0.25) is 0 Å². The van der Waals surface area contributed by atoms with Gasteiger partial charge in [-0.3, -0.25) is 0 Å². The molecule has 1 aromatic heterocycles. The summed E-state index contributed by atoms with van der Waals surface area (Å²) in [7, 11) is 0. The first kappa shape index (κ1) is 12.4. The molecular weight excluding hydrogens is 249 g/mol. The van der Waals surface area contributed by atoms with E-state index in [2.05, 4.69) is 4.98 Å². The van der Waals surface area contributed by atoms with Crippen LogP contribution in [0, 0.1) is 0 Å². The number of benzene rings is 1. The molecule has 0 bridgehead atoms. The second-order valence-corrected chi connectivity index (χ2v) is 3.40. The average Bonchev–Trinajstić information content (AvgIpc) is 2.76. The van der Waals surface area contributed by atoms with E-state index in [9.17, 15) is 13.2 Å². The Balaban J connectivity index is 2.29. The van der Waals surface area contributed by atoms with Crippen molar-refractivity contribution in [3.63, 3.8) is 0 Å². The SMILES string of the molecule is NCc1coc(Oc2ccccc2C(F)(F)F)n1. The Hall–Kier alpha value is -2.02. The van der Waals surface area contributed by atoms with Crippen LogP contribution < -0.4 is 10.5 Å². The molecule has 18 heavy (non-hydrogen) atoms. The zero-order chi connectivity index (χ0) is 13.2. The van der Waals surface area contributed by atoms with Gasteiger partial charge in [0.25, 0.3) is 0 Å². The minimum absolute atomic E-state index is 0.119. The van der Waals surface area contributed by atoms with Gasteiger partial charge in [0.05, 0.1) is 11.3 Å². The van der Waals surface area contributed by atoms with Crippen molar-refractivity contribution in [2.45, 2.75) is 12.7 Å². The minimum Gasteiger partial charge on any atom is -0.417 e. The predicted molar refractivity (Wildman–Crippen MR) is 55.9 cm³/mol. The Bertz CT molecular complexity index is 537. The van der Waals surface area contributed by atoms with E-state index in [1.54, 1.807) is 0 Å². The number of para-hydroxylation sites is 1. The molecule has 0 aliphatic carbocycles. The van der Waals surface area contributed by atoms with Crippen LogP contribution in [0.25, 0.3) is 0 Å². The van der Waals surface area contributed by atoms with Gasteiger partial charge in [-0.15, -0.1) is 0 Å². The maximum Gasteiger partial charge on any atom is 0.419 e. The summed E-state index contributed by atoms with van der Waals surface area (Å²) in [5.74, 6) is -0.365. The summed E-state index contributed by atoms with van der Waals surface area (Å²) in [6.07, 6.45) is -3.54. The highest BCUT2D eigenvalue weighted by atomic mass is 19.4. The third-order valence-electron chi connectivity index (χ3n) is 2.13. The highest BCUT2D eigenvalue weighted by Gasteiger charge is 2.34. The standard InChI is InChI=1S/C11H9F3N2O2/c12-11(13,14)8-3-1-2-4-9(8)18-10-16-7(5-15)6-17-10/h1-4,6H,5,15H2. The maximum atomic E-state index is 12.7. The predicted octanol–water partition coefficient (Wildman–Crippen LogP) is 2.94. The number of alkyl halides is 3. The van der Waals surface area contributed by atoms with Crippen molar-refractivity contribution in [3.05, 3.63) is 41.8 Å². The van der Waals surface area contributed by atoms with Crippen LogP contribution in [-0.2, 0) is 12.7 Å². The van der Waals surface area contributed by atoms with Gasteiger partial charge in [0, 0.05) is 6.54 Å². The number of hydrogen-bond donors (Lipinski definition) is 1. The third-order valence-corrected chi connectivity index (χ3v) is 2.13. The summed E-state index contributed by atoms with van der Waals surface area (Å²) >= 11 is 0. The molecule has 0 atom stereocenters. The topological polar surface area (TPSA) is 61.3 Å². The van der Waals surface area contributed by atoms with Gasteiger partial charge in [-0.1, -0.05) is 12.1 Å². The molecule has 7 heteroatoms. The summed E-state index contributed by atoms with van der Waals surface area (Å²) in [6.45, 7) is 0.119. The van der Waals surface area contributed by atoms with Gasteiger partial charge in [-0.2, -0.15) is 18.2 Å². The van der Waals surface area contributed by atoms with Crippen LogP contribution in [0.4, 0.5) is 13.2 Å². The van der Waals surface area contributed by atoms with E-state index in [0.717, 1.165) is 6.07 Å². The number of nitrogens with zero attached hydrogens (tertiary/aromatic N) is 1. The molecule has 2 aromatic rings. The molecule has 0 aliphatic rings. The van der Waals surface area contributed by atoms with E-state index in [1.807, 2.05) is 0 Å². The van der Waals surface area contributed by atoms with E-state index >= 15 is 0 Å². The Kier molecular flexibility index (Phi) is 3.24. The normalized spacial score (nSPS) is 11.6. The second-order valence-electron chi connectivity index (χ2n) is 3.40. The van der Waals surface area contributed by atoms with Crippen molar-refractivity contribution in [2.75, 3.05) is 0 Å². The number of rotatable bonds is 3. The lowest BCUT2D eigenvalue weighted by Gasteiger charge is -2.10. The number of oxazole rings is 1. The molecule has 0 fully saturated rings. The number of hydrogen-bond acceptors (Lipinski definition) is 4. The molecule has 2 rings (SSSR count). The fourth-order valence-electron chi connectivity index (χ4n) is 1.31. The van der Waals surface area contributed by atoms with Crippen LogP contribution in [0.5, 0.6) is 11.8 Å². The van der Waals surface area contributed by atoms with E-state index in [1.165, 1.54) is 24.5 Å². The molecule has 4 nitrogen and oxygen atoms in total. The van der Waals surface area contributed by atoms with Gasteiger partial charge in [-0.25, -0.2) is 0 Å². The fraction of sp³-hybridized carbons (Fsp3) is 0.182. The van der Waals surface area contributed by atoms with Gasteiger partial charge in [0.1, 0.15) is 12.0 Å². The van der Waals surface area contributed by atoms with Crippen LogP contribution in [0.1, 0.15) is 11.3 Å². The summed E-state index contributed by atoms with van der Waals surface area (Å²) < 4.78 is 47.8. The Labute approximate surface area is 100 Å². The van der Waals surface area contributed by atoms with E-state index in [-0.39, 0.29) is 18.4 Å². The van der Waals surface area contributed by atoms with Crippen molar-refractivity contribution in [3.8, 4) is 11.8 Å². The number of aromatic nitrogens is 1. The lowest BCUT2D eigenvalue weighted by Crippen LogP contribution is -2.06. The summed E-state index contributed by atoms with van der Waals surface area (Å²) in [4.78, 5) is 3.77. The molecule has 0 saturated heterocycles. The molecule has 1 aromatic carbocycles. The summed E-state index contributed by atoms with van der Waals surface area (Å²) in [5, 5.41) is 0. The van der Waals surface area contributed by atoms with E-state index < -0.39 is 11.7 Å². The Morgan fingerprint density at radius 1 is 1.28 bits per heavy atom. The maximum absolute atomic E-state index is 12.7. The van der Waals surface area contributed by atoms with Crippen molar-refractivity contribution in [1.82, 2.24) is 4.98 Å². The van der Waals surface area contributed by atoms with E-state index in [4.69, 9.17) is 14.9 Å². The van der Waals surface area contributed by atoms with Crippen LogP contribution in [-0.4, -0.2) is 4.98 Å². The minimum atomic E-state index is -4.50. The van der Waals surface area contributed by atoms with Gasteiger partial charge in [-0.05, 0) is 12.1 Å². The summed E-state index contributed by atoms with van der Waals surface area (Å²) in [5.41, 5.74) is 4.80. The van der Waals surface area contributed by atoms with Crippen LogP contribution >= 0.6 is 0 Å². The van der Waals surface area contributed by atoms with E-state index in [0.29, 0.717) is 5.69 Å². The molecule has 0 unspecified atom stereocenters. The Morgan fingerprint density at radius 3 is 2.61 bits per heavy atom. The number of ether oxygens (including phenoxy) is 1. The lowest BCUT2D eigenvalue weighted by atomic mass is 10.2. The third kappa shape index (κ3) is 2.62. The van der Waals surface area contributed by atoms with Crippen molar-refractivity contribution in [1.29, 1.82) is 0 Å². The highest BCUT2D eigenvalue weighted by Crippen LogP contribution is 2.37. The zero-order valence-corrected chi connectivity index (χ0v) is 9.07. The summed E-state index contributed by atoms with van der Waals surface area (Å²) in [6, 6.07) is 4.81. The molecular formula is C11H9F3N2O2. The first-order valence-electron chi connectivity index (χ1n) is 4.99. The molecule has 96 valence electrons. The molecule has 0 amide bonds. The van der Waals surface area contributed by atoms with Crippen LogP contribution in [0.15, 0.2) is 34.9 Å². The van der Waals surface area contributed by atoms with Gasteiger partial charge in [0.2, 0.25) is 0 Å². The zero-order valence-electron chi connectivity index (χ0n) is 9.07. The first-order valence-corrected chi connectivity index (χ1v) is 4.99. The smallest absolute Gasteiger partial charge is 0.417 e. The lowest BCUT2D eigenvalue weighted by molar-refractivity contribution is -0.138. The molecule has 0 aliphatic heterocycles. The molecule has 2 N–H and O–H groups in total. The van der Waals surface area contributed by atoms with Gasteiger partial charge >= 0.3 is 12.3 Å². The van der Waals surface area contributed by atoms with Crippen LogP contribution in [0.3, 0.4) is 0 Å². The van der Waals surface area contributed by atoms with Gasteiger partial charge in [0.15, 0.2) is 0 Å². The number of nitrogens with two attached hydrogens (primary N) is 1. The average molecular weight is 258 g/mol. The molecule has 0 spiro atoms. The quantitative estimate of drug-likeness (QED) is 0.919. The molecule has 0 radical (unpaired) electrons. The second kappa shape index (κ2) is 4.69. The molecule has 1 heterocycles. The van der Waals surface area contributed by atoms with Crippen molar-refractivity contribution >= 4 is 0 Å². The monoisotopic (exact) mass is 258 g/mol. The largest absolute Gasteiger partial charge is 0.419 e. The van der Waals surface area contributed by atoms with Gasteiger partial charge < -0.3 is 14.9 Å². The Morgan fingerprint density at radius 2 is 2.00 bits per heavy atom. The fourth-order valence-corrected chi connectivity index (χ4v) is 1.31. The highest BCUT2D eigenvalue weighted by molar-refractivity contribution is 5.36.